The van der Waals surface area contributed by atoms with E-state index >= 15 is 0 Å². The number of nitrogens with one attached hydrogen (secondary N) is 1. The Morgan fingerprint density at radius 3 is 1.17 bits per heavy atom. The highest BCUT2D eigenvalue weighted by molar-refractivity contribution is 6.03. The van der Waals surface area contributed by atoms with E-state index in [0.29, 0.717) is 24.3 Å². The highest BCUT2D eigenvalue weighted by atomic mass is 16.5. The Hall–Kier alpha value is -4.66. The number of hydrogen-bond donors (Lipinski definition) is 3. The molecule has 9 nitrogen and oxygen atoms in total. The van der Waals surface area contributed by atoms with Gasteiger partial charge in [0.1, 0.15) is 0 Å². The summed E-state index contributed by atoms with van der Waals surface area (Å²) in [5.41, 5.74) is 12.2. The Bertz CT molecular complexity index is 1200. The van der Waals surface area contributed by atoms with Gasteiger partial charge in [0, 0.05) is 0 Å². The standard InChI is InChI=1S/C24H38O4.C13H12.C2H5N3O2/c1-3-5-7-9-11-15-19-27-23(25)21-17-13-14-18-22(21)24(26)28-20-16-12-10-8-6-4-2;1-3-7-12(8-4-1)11-13-9-5-2-6-10-13;3-1(6)5-2(4)7/h13-14,17-18H,3-12,15-16,19-20H2,1-2H3;1-10H,11H2;(H5,3,4,5,6,7). The number of ether oxygens (including phenoxy) is 2. The van der Waals surface area contributed by atoms with Crippen LogP contribution in [0.15, 0.2) is 84.9 Å². The van der Waals surface area contributed by atoms with E-state index in [9.17, 15) is 19.2 Å². The van der Waals surface area contributed by atoms with Crippen LogP contribution in [0.5, 0.6) is 0 Å². The third-order valence-electron chi connectivity index (χ3n) is 7.17. The first kappa shape index (κ1) is 41.4. The van der Waals surface area contributed by atoms with Gasteiger partial charge in [-0.15, -0.1) is 0 Å². The molecule has 262 valence electrons. The molecule has 0 aliphatic rings. The van der Waals surface area contributed by atoms with E-state index in [-0.39, 0.29) is 0 Å². The Labute approximate surface area is 286 Å². The highest BCUT2D eigenvalue weighted by Crippen LogP contribution is 2.14. The maximum atomic E-state index is 12.4. The van der Waals surface area contributed by atoms with Crippen molar-refractivity contribution in [3.8, 4) is 0 Å². The number of amides is 4. The largest absolute Gasteiger partial charge is 0.462 e. The number of carbonyl (C=O) groups is 4. The normalized spacial score (nSPS) is 9.96. The summed E-state index contributed by atoms with van der Waals surface area (Å²) in [6, 6.07) is 25.9. The molecule has 0 aromatic heterocycles. The first-order chi connectivity index (χ1) is 23.3. The van der Waals surface area contributed by atoms with Crippen molar-refractivity contribution in [3.63, 3.8) is 0 Å². The maximum absolute atomic E-state index is 12.4. The number of unbranched alkanes of at least 4 members (excludes halogenated alkanes) is 10. The smallest absolute Gasteiger partial charge is 0.339 e. The number of rotatable bonds is 18. The van der Waals surface area contributed by atoms with Crippen LogP contribution in [0, 0.1) is 0 Å². The van der Waals surface area contributed by atoms with E-state index in [1.165, 1.54) is 62.5 Å². The topological polar surface area (TPSA) is 151 Å². The lowest BCUT2D eigenvalue weighted by Gasteiger charge is -2.10. The van der Waals surface area contributed by atoms with E-state index in [2.05, 4.69) is 86.0 Å². The van der Waals surface area contributed by atoms with Crippen LogP contribution in [0.1, 0.15) is 123 Å². The summed E-state index contributed by atoms with van der Waals surface area (Å²) in [5.74, 6) is -0.888. The zero-order valence-corrected chi connectivity index (χ0v) is 28.8. The van der Waals surface area contributed by atoms with E-state index in [4.69, 9.17) is 9.47 Å². The van der Waals surface area contributed by atoms with Crippen molar-refractivity contribution in [1.29, 1.82) is 0 Å². The number of carbonyl (C=O) groups excluding carboxylic acids is 4. The monoisotopic (exact) mass is 661 g/mol. The zero-order valence-electron chi connectivity index (χ0n) is 28.8. The highest BCUT2D eigenvalue weighted by Gasteiger charge is 2.18. The molecule has 3 aromatic rings. The van der Waals surface area contributed by atoms with Crippen LogP contribution < -0.4 is 16.8 Å². The van der Waals surface area contributed by atoms with E-state index in [1.807, 2.05) is 0 Å². The van der Waals surface area contributed by atoms with Gasteiger partial charge in [0.15, 0.2) is 0 Å². The molecule has 0 heterocycles. The summed E-state index contributed by atoms with van der Waals surface area (Å²) in [5, 5.41) is 1.58. The summed E-state index contributed by atoms with van der Waals surface area (Å²) < 4.78 is 10.7. The summed E-state index contributed by atoms with van der Waals surface area (Å²) in [6.07, 6.45) is 14.7. The molecule has 0 aliphatic heterocycles. The van der Waals surface area contributed by atoms with Crippen LogP contribution in [-0.4, -0.2) is 37.2 Å². The molecule has 4 amide bonds. The molecule has 0 atom stereocenters. The lowest BCUT2D eigenvalue weighted by atomic mass is 10.1. The van der Waals surface area contributed by atoms with Crippen molar-refractivity contribution in [2.75, 3.05) is 13.2 Å². The van der Waals surface area contributed by atoms with Gasteiger partial charge < -0.3 is 20.9 Å². The fraction of sp³-hybridized carbons (Fsp3) is 0.436. The maximum Gasteiger partial charge on any atom is 0.339 e. The molecule has 0 spiro atoms. The van der Waals surface area contributed by atoms with E-state index in [0.717, 1.165) is 32.1 Å². The van der Waals surface area contributed by atoms with Crippen LogP contribution in [0.4, 0.5) is 9.59 Å². The molecule has 3 aromatic carbocycles. The molecule has 0 radical (unpaired) electrons. The molecule has 5 N–H and O–H groups in total. The van der Waals surface area contributed by atoms with Crippen LogP contribution in [0.3, 0.4) is 0 Å². The average molecular weight is 662 g/mol. The molecule has 48 heavy (non-hydrogen) atoms. The van der Waals surface area contributed by atoms with Crippen LogP contribution >= 0.6 is 0 Å². The van der Waals surface area contributed by atoms with Crippen molar-refractivity contribution >= 4 is 24.0 Å². The second-order valence-corrected chi connectivity index (χ2v) is 11.4. The number of nitrogens with two attached hydrogens (primary N) is 2. The summed E-state index contributed by atoms with van der Waals surface area (Å²) >= 11 is 0. The fourth-order valence-corrected chi connectivity index (χ4v) is 4.64. The van der Waals surface area contributed by atoms with Crippen molar-refractivity contribution in [2.24, 2.45) is 11.5 Å². The third kappa shape index (κ3) is 21.2. The van der Waals surface area contributed by atoms with Gasteiger partial charge >= 0.3 is 24.0 Å². The van der Waals surface area contributed by atoms with Crippen LogP contribution in [0.25, 0.3) is 0 Å². The summed E-state index contributed by atoms with van der Waals surface area (Å²) in [7, 11) is 0. The van der Waals surface area contributed by atoms with Crippen LogP contribution in [-0.2, 0) is 15.9 Å². The van der Waals surface area contributed by atoms with E-state index < -0.39 is 24.0 Å². The molecule has 3 rings (SSSR count). The second-order valence-electron chi connectivity index (χ2n) is 11.4. The third-order valence-corrected chi connectivity index (χ3v) is 7.17. The van der Waals surface area contributed by atoms with Crippen molar-refractivity contribution in [1.82, 2.24) is 5.32 Å². The minimum Gasteiger partial charge on any atom is -0.462 e. The summed E-state index contributed by atoms with van der Waals surface area (Å²) in [4.78, 5) is 43.9. The molecule has 0 saturated heterocycles. The first-order valence-corrected chi connectivity index (χ1v) is 17.1. The number of primary amides is 2. The predicted molar refractivity (Wildman–Crippen MR) is 192 cm³/mol. The lowest BCUT2D eigenvalue weighted by Crippen LogP contribution is -2.38. The molecule has 0 saturated carbocycles. The van der Waals surface area contributed by atoms with Crippen molar-refractivity contribution in [3.05, 3.63) is 107 Å². The number of urea groups is 2. The molecular weight excluding hydrogens is 606 g/mol. The molecule has 9 heteroatoms. The van der Waals surface area contributed by atoms with Crippen LogP contribution in [0.2, 0.25) is 0 Å². The average Bonchev–Trinajstić information content (AvgIpc) is 3.08. The SMILES string of the molecule is CCCCCCCCOC(=O)c1ccccc1C(=O)OCCCCCCCC.NC(=O)NC(N)=O.c1ccc(Cc2ccccc2)cc1. The Balaban J connectivity index is 0.000000467. The molecule has 0 fully saturated rings. The second kappa shape index (κ2) is 27.5. The van der Waals surface area contributed by atoms with Gasteiger partial charge in [0.25, 0.3) is 0 Å². The Morgan fingerprint density at radius 1 is 0.500 bits per heavy atom. The Kier molecular flexibility index (Phi) is 23.7. The molecule has 0 bridgehead atoms. The van der Waals surface area contributed by atoms with Gasteiger partial charge in [-0.2, -0.15) is 0 Å². The van der Waals surface area contributed by atoms with Gasteiger partial charge in [-0.3, -0.25) is 5.32 Å². The van der Waals surface area contributed by atoms with Gasteiger partial charge in [0.05, 0.1) is 24.3 Å². The predicted octanol–water partition coefficient (Wildman–Crippen LogP) is 8.73. The first-order valence-electron chi connectivity index (χ1n) is 17.1. The number of imide groups is 1. The molecule has 0 unspecified atom stereocenters. The van der Waals surface area contributed by atoms with Crippen molar-refractivity contribution in [2.45, 2.75) is 97.3 Å². The number of esters is 2. The quantitative estimate of drug-likeness (QED) is 0.0916. The van der Waals surface area contributed by atoms with Gasteiger partial charge in [0.2, 0.25) is 0 Å². The number of hydrogen-bond acceptors (Lipinski definition) is 6. The minimum absolute atomic E-state index is 0.293. The minimum atomic E-state index is -0.938. The number of benzene rings is 3. The zero-order chi connectivity index (χ0) is 35.2. The Morgan fingerprint density at radius 2 is 0.833 bits per heavy atom. The van der Waals surface area contributed by atoms with Gasteiger partial charge in [-0.25, -0.2) is 19.2 Å². The lowest BCUT2D eigenvalue weighted by molar-refractivity contribution is 0.0450. The van der Waals surface area contributed by atoms with E-state index in [1.54, 1.807) is 29.6 Å². The van der Waals surface area contributed by atoms with Gasteiger partial charge in [-0.05, 0) is 42.5 Å². The molecule has 0 aliphatic carbocycles. The fourth-order valence-electron chi connectivity index (χ4n) is 4.64. The van der Waals surface area contributed by atoms with Gasteiger partial charge in [-0.1, -0.05) is 151 Å². The summed E-state index contributed by atoms with van der Waals surface area (Å²) in [6.45, 7) is 5.17. The van der Waals surface area contributed by atoms with Crippen molar-refractivity contribution < 1.29 is 28.7 Å². The molecular formula is C39H55N3O6.